The average Bonchev–Trinajstić information content (AvgIpc) is 3.07. The predicted molar refractivity (Wildman–Crippen MR) is 157 cm³/mol. The molecule has 2 N–H and O–H groups in total. The second-order valence-electron chi connectivity index (χ2n) is 11.2. The van der Waals surface area contributed by atoms with Crippen LogP contribution in [0.4, 0.5) is 0 Å². The lowest BCUT2D eigenvalue weighted by atomic mass is 9.74. The Kier molecular flexibility index (Phi) is 7.97. The zero-order chi connectivity index (χ0) is 27.6. The van der Waals surface area contributed by atoms with Gasteiger partial charge in [0, 0.05) is 47.9 Å². The fourth-order valence-corrected chi connectivity index (χ4v) is 5.95. The molecular formula is C33H37ClN2O3. The number of ether oxygens (including phenoxy) is 1. The number of piperidine rings is 1. The summed E-state index contributed by atoms with van der Waals surface area (Å²) in [5, 5.41) is 23.1. The second-order valence-corrected chi connectivity index (χ2v) is 11.6. The minimum absolute atomic E-state index is 0.0452. The maximum Gasteiger partial charge on any atom is 0.131 e. The summed E-state index contributed by atoms with van der Waals surface area (Å²) in [6, 6.07) is 17.5. The zero-order valence-electron chi connectivity index (χ0n) is 22.7. The topological polar surface area (TPSA) is 65.8 Å². The fourth-order valence-electron chi connectivity index (χ4n) is 5.83. The molecule has 2 aliphatic heterocycles. The molecule has 2 atom stereocenters. The fraction of sp³-hybridized carbons (Fsp3) is 0.364. The molecule has 6 heteroatoms. The van der Waals surface area contributed by atoms with Crippen molar-refractivity contribution in [3.05, 3.63) is 112 Å². The van der Waals surface area contributed by atoms with Gasteiger partial charge < -0.3 is 19.8 Å². The molecule has 5 rings (SSSR count). The molecule has 3 aromatic rings. The van der Waals surface area contributed by atoms with Crippen LogP contribution in [0.3, 0.4) is 0 Å². The first-order chi connectivity index (χ1) is 18.7. The van der Waals surface area contributed by atoms with Crippen LogP contribution in [-0.2, 0) is 17.8 Å². The van der Waals surface area contributed by atoms with Gasteiger partial charge in [0.1, 0.15) is 12.4 Å². The number of benzene rings is 2. The SMILES string of the molecule is C=CCC1CN(CC/C=C2/c3cc(C(C)(C)O)ccc3OCc3ncccc32)CCC1(O)c1ccc(Cl)cc1. The zero-order valence-corrected chi connectivity index (χ0v) is 23.5. The molecule has 0 radical (unpaired) electrons. The van der Waals surface area contributed by atoms with Crippen molar-refractivity contribution in [2.75, 3.05) is 19.6 Å². The molecule has 1 aromatic heterocycles. The van der Waals surface area contributed by atoms with Gasteiger partial charge in [-0.15, -0.1) is 6.58 Å². The van der Waals surface area contributed by atoms with Crippen LogP contribution in [0.15, 0.2) is 79.5 Å². The molecule has 0 saturated carbocycles. The van der Waals surface area contributed by atoms with Crippen molar-refractivity contribution in [3.8, 4) is 5.75 Å². The van der Waals surface area contributed by atoms with Gasteiger partial charge in [-0.25, -0.2) is 0 Å². The normalized spacial score (nSPS) is 22.5. The highest BCUT2D eigenvalue weighted by Gasteiger charge is 2.41. The summed E-state index contributed by atoms with van der Waals surface area (Å²) in [6.45, 7) is 10.4. The lowest BCUT2D eigenvalue weighted by Gasteiger charge is -2.45. The van der Waals surface area contributed by atoms with Crippen LogP contribution in [0.2, 0.25) is 5.02 Å². The molecule has 1 fully saturated rings. The average molecular weight is 545 g/mol. The molecule has 0 aliphatic carbocycles. The lowest BCUT2D eigenvalue weighted by Crippen LogP contribution is -2.50. The number of hydrogen-bond acceptors (Lipinski definition) is 5. The maximum atomic E-state index is 11.7. The van der Waals surface area contributed by atoms with Crippen LogP contribution in [0.1, 0.15) is 61.1 Å². The van der Waals surface area contributed by atoms with Crippen molar-refractivity contribution in [1.29, 1.82) is 0 Å². The Morgan fingerprint density at radius 3 is 2.72 bits per heavy atom. The van der Waals surface area contributed by atoms with Gasteiger partial charge in [0.15, 0.2) is 0 Å². The molecule has 2 aromatic carbocycles. The number of aromatic nitrogens is 1. The van der Waals surface area contributed by atoms with Crippen molar-refractivity contribution in [2.45, 2.75) is 50.9 Å². The maximum absolute atomic E-state index is 11.7. The van der Waals surface area contributed by atoms with Gasteiger partial charge >= 0.3 is 0 Å². The lowest BCUT2D eigenvalue weighted by molar-refractivity contribution is -0.0765. The summed E-state index contributed by atoms with van der Waals surface area (Å²) >= 11 is 6.11. The molecule has 2 unspecified atom stereocenters. The summed E-state index contributed by atoms with van der Waals surface area (Å²) in [6.07, 6.45) is 8.19. The van der Waals surface area contributed by atoms with E-state index in [0.29, 0.717) is 18.1 Å². The first-order valence-electron chi connectivity index (χ1n) is 13.6. The van der Waals surface area contributed by atoms with Crippen molar-refractivity contribution >= 4 is 17.2 Å². The molecule has 5 nitrogen and oxygen atoms in total. The Morgan fingerprint density at radius 1 is 1.18 bits per heavy atom. The molecule has 3 heterocycles. The summed E-state index contributed by atoms with van der Waals surface area (Å²) in [5.41, 5.74) is 3.92. The van der Waals surface area contributed by atoms with Gasteiger partial charge in [-0.2, -0.15) is 0 Å². The van der Waals surface area contributed by atoms with E-state index in [1.807, 2.05) is 54.6 Å². The number of halogens is 1. The van der Waals surface area contributed by atoms with Crippen LogP contribution in [-0.4, -0.2) is 39.7 Å². The monoisotopic (exact) mass is 544 g/mol. The van der Waals surface area contributed by atoms with Crippen molar-refractivity contribution in [1.82, 2.24) is 9.88 Å². The van der Waals surface area contributed by atoms with E-state index in [4.69, 9.17) is 16.3 Å². The van der Waals surface area contributed by atoms with E-state index >= 15 is 0 Å². The van der Waals surface area contributed by atoms with Gasteiger partial charge in [-0.1, -0.05) is 48.0 Å². The number of fused-ring (bicyclic) bond motifs is 2. The van der Waals surface area contributed by atoms with Gasteiger partial charge in [0.25, 0.3) is 0 Å². The summed E-state index contributed by atoms with van der Waals surface area (Å²) in [7, 11) is 0. The third kappa shape index (κ3) is 5.82. The number of rotatable bonds is 7. The largest absolute Gasteiger partial charge is 0.487 e. The standard InChI is InChI=1S/C33H37ClN2O3/c1-4-7-25-21-36(19-16-33(25,38)23-10-13-26(34)14-11-23)18-6-9-27-28-8-5-17-35-30(28)22-39-31-15-12-24(20-29(27)31)32(2,3)37/h4-5,8-15,17,20,25,37-38H,1,6-7,16,18-19,21-22H2,2-3H3/b27-9+. The number of likely N-dealkylation sites (tertiary alicyclic amines) is 1. The third-order valence-corrected chi connectivity index (χ3v) is 8.33. The van der Waals surface area contributed by atoms with E-state index in [0.717, 1.165) is 71.7 Å². The highest BCUT2D eigenvalue weighted by Crippen LogP contribution is 2.41. The summed E-state index contributed by atoms with van der Waals surface area (Å²) < 4.78 is 6.14. The smallest absolute Gasteiger partial charge is 0.131 e. The van der Waals surface area contributed by atoms with Crippen molar-refractivity contribution in [2.24, 2.45) is 5.92 Å². The molecule has 39 heavy (non-hydrogen) atoms. The van der Waals surface area contributed by atoms with Gasteiger partial charge in [-0.05, 0) is 80.1 Å². The first-order valence-corrected chi connectivity index (χ1v) is 14.0. The molecule has 0 spiro atoms. The summed E-state index contributed by atoms with van der Waals surface area (Å²) in [4.78, 5) is 7.02. The molecule has 1 saturated heterocycles. The van der Waals surface area contributed by atoms with Crippen LogP contribution >= 0.6 is 11.6 Å². The molecule has 0 amide bonds. The Hall–Kier alpha value is -2.96. The Labute approximate surface area is 236 Å². The van der Waals surface area contributed by atoms with Crippen LogP contribution in [0, 0.1) is 5.92 Å². The molecule has 0 bridgehead atoms. The minimum atomic E-state index is -0.959. The van der Waals surface area contributed by atoms with E-state index in [-0.39, 0.29) is 5.92 Å². The number of nitrogens with zero attached hydrogens (tertiary/aromatic N) is 2. The molecular weight excluding hydrogens is 508 g/mol. The van der Waals surface area contributed by atoms with Crippen molar-refractivity contribution < 1.29 is 14.9 Å². The van der Waals surface area contributed by atoms with Crippen LogP contribution in [0.25, 0.3) is 5.57 Å². The third-order valence-electron chi connectivity index (χ3n) is 8.07. The Morgan fingerprint density at radius 2 is 1.97 bits per heavy atom. The van der Waals surface area contributed by atoms with E-state index < -0.39 is 11.2 Å². The van der Waals surface area contributed by atoms with Gasteiger partial charge in [0.05, 0.1) is 16.9 Å². The Balaban J connectivity index is 1.39. The quantitative estimate of drug-likeness (QED) is 0.334. The first kappa shape index (κ1) is 27.6. The van der Waals surface area contributed by atoms with E-state index in [1.54, 1.807) is 20.0 Å². The van der Waals surface area contributed by atoms with Gasteiger partial charge in [0.2, 0.25) is 0 Å². The number of allylic oxidation sites excluding steroid dienone is 1. The predicted octanol–water partition coefficient (Wildman–Crippen LogP) is 6.46. The highest BCUT2D eigenvalue weighted by atomic mass is 35.5. The van der Waals surface area contributed by atoms with E-state index in [9.17, 15) is 10.2 Å². The van der Waals surface area contributed by atoms with Crippen molar-refractivity contribution in [3.63, 3.8) is 0 Å². The van der Waals surface area contributed by atoms with Crippen LogP contribution < -0.4 is 4.74 Å². The second kappa shape index (κ2) is 11.3. The number of aliphatic hydroxyl groups is 2. The van der Waals surface area contributed by atoms with Crippen LogP contribution in [0.5, 0.6) is 5.75 Å². The highest BCUT2D eigenvalue weighted by molar-refractivity contribution is 6.30. The molecule has 204 valence electrons. The Bertz CT molecular complexity index is 1360. The van der Waals surface area contributed by atoms with Gasteiger partial charge in [-0.3, -0.25) is 4.98 Å². The number of hydrogen-bond donors (Lipinski definition) is 2. The minimum Gasteiger partial charge on any atom is -0.487 e. The molecule has 2 aliphatic rings. The number of pyridine rings is 1. The van der Waals surface area contributed by atoms with E-state index in [1.165, 1.54) is 0 Å². The summed E-state index contributed by atoms with van der Waals surface area (Å²) in [5.74, 6) is 0.841. The van der Waals surface area contributed by atoms with E-state index in [2.05, 4.69) is 28.6 Å².